The van der Waals surface area contributed by atoms with E-state index < -0.39 is 5.60 Å². The zero-order valence-electron chi connectivity index (χ0n) is 25.5. The summed E-state index contributed by atoms with van der Waals surface area (Å²) < 4.78 is 17.8. The van der Waals surface area contributed by atoms with Crippen molar-refractivity contribution in [2.24, 2.45) is 0 Å². The van der Waals surface area contributed by atoms with Crippen molar-refractivity contribution in [1.82, 2.24) is 19.8 Å². The van der Waals surface area contributed by atoms with Crippen LogP contribution in [0.1, 0.15) is 45.6 Å². The van der Waals surface area contributed by atoms with Crippen molar-refractivity contribution in [3.8, 4) is 17.0 Å². The number of carbonyl (C=O) groups is 1. The van der Waals surface area contributed by atoms with Crippen molar-refractivity contribution in [1.29, 1.82) is 0 Å². The third-order valence-electron chi connectivity index (χ3n) is 7.31. The molecule has 1 fully saturated rings. The molecule has 9 nitrogen and oxygen atoms in total. The van der Waals surface area contributed by atoms with Crippen molar-refractivity contribution in [3.05, 3.63) is 78.5 Å². The average Bonchev–Trinajstić information content (AvgIpc) is 2.98. The number of anilines is 2. The maximum atomic E-state index is 12.4. The molecule has 2 aliphatic rings. The number of ether oxygens (including phenoxy) is 3. The summed E-state index contributed by atoms with van der Waals surface area (Å²) in [5.41, 5.74) is 3.47. The molecule has 3 heterocycles. The van der Waals surface area contributed by atoms with Crippen molar-refractivity contribution < 1.29 is 19.0 Å². The fourth-order valence-corrected chi connectivity index (χ4v) is 5.16. The van der Waals surface area contributed by atoms with Crippen molar-refractivity contribution in [2.45, 2.75) is 58.3 Å². The molecule has 2 aliphatic heterocycles. The van der Waals surface area contributed by atoms with Gasteiger partial charge in [-0.1, -0.05) is 36.4 Å². The summed E-state index contributed by atoms with van der Waals surface area (Å²) in [6, 6.07) is 18.3. The van der Waals surface area contributed by atoms with E-state index in [1.807, 2.05) is 57.2 Å². The summed E-state index contributed by atoms with van der Waals surface area (Å²) in [6.45, 7) is 10.6. The number of hydrogen-bond donors (Lipinski definition) is 1. The Morgan fingerprint density at radius 2 is 1.91 bits per heavy atom. The first kappa shape index (κ1) is 30.5. The number of amides is 1. The highest BCUT2D eigenvalue weighted by molar-refractivity contribution is 5.68. The van der Waals surface area contributed by atoms with E-state index in [0.29, 0.717) is 32.3 Å². The molecule has 0 unspecified atom stereocenters. The Kier molecular flexibility index (Phi) is 10.3. The minimum Gasteiger partial charge on any atom is -0.493 e. The Labute approximate surface area is 254 Å². The minimum absolute atomic E-state index is 0.147. The smallest absolute Gasteiger partial charge is 0.410 e. The summed E-state index contributed by atoms with van der Waals surface area (Å²) in [5.74, 6) is 1.37. The number of fused-ring (bicyclic) bond motifs is 7. The lowest BCUT2D eigenvalue weighted by Gasteiger charge is -2.33. The number of rotatable bonds is 4. The van der Waals surface area contributed by atoms with E-state index in [-0.39, 0.29) is 12.2 Å². The SMILES string of the molecule is CC(C)(C)OC(=O)N1CCC(OCCN2C/C=C/CCOc3cccc(c3)-c3ccnc(n3)Nc3cccc(c3)C2)CC1. The molecule has 0 saturated carbocycles. The van der Waals surface area contributed by atoms with Gasteiger partial charge in [-0.25, -0.2) is 14.8 Å². The zero-order chi connectivity index (χ0) is 30.1. The van der Waals surface area contributed by atoms with Gasteiger partial charge >= 0.3 is 6.09 Å². The standard InChI is InChI=1S/C34H43N5O4/c1-34(2,3)43-33(40)39-18-14-29(15-19-39)42-22-20-38-17-5-4-6-21-41-30-12-8-10-27(24-30)31-13-16-35-32(37-31)36-28-11-7-9-26(23-28)25-38/h4-5,7-13,16,23-24,29H,6,14-15,17-22,25H2,1-3H3,(H,35,36,37)/b5-4+. The van der Waals surface area contributed by atoms with Crippen molar-refractivity contribution in [3.63, 3.8) is 0 Å². The van der Waals surface area contributed by atoms with Crippen LogP contribution in [0.3, 0.4) is 0 Å². The van der Waals surface area contributed by atoms with Crippen molar-refractivity contribution in [2.75, 3.05) is 44.7 Å². The number of piperidine rings is 1. The molecule has 3 aromatic rings. The second kappa shape index (κ2) is 14.5. The predicted octanol–water partition coefficient (Wildman–Crippen LogP) is 6.44. The van der Waals surface area contributed by atoms with Gasteiger partial charge in [0.25, 0.3) is 0 Å². The van der Waals surface area contributed by atoms with Gasteiger partial charge in [-0.3, -0.25) is 4.90 Å². The Hall–Kier alpha value is -3.95. The van der Waals surface area contributed by atoms with Crippen LogP contribution in [0.4, 0.5) is 16.4 Å². The molecule has 6 bridgehead atoms. The van der Waals surface area contributed by atoms with Gasteiger partial charge in [-0.05, 0) is 75.9 Å². The van der Waals surface area contributed by atoms with E-state index in [1.54, 1.807) is 11.1 Å². The van der Waals surface area contributed by atoms with Gasteiger partial charge < -0.3 is 24.4 Å². The van der Waals surface area contributed by atoms with Gasteiger partial charge in [-0.15, -0.1) is 0 Å². The van der Waals surface area contributed by atoms with Gasteiger partial charge in [0.1, 0.15) is 11.4 Å². The molecule has 1 N–H and O–H groups in total. The van der Waals surface area contributed by atoms with Crippen LogP contribution in [0.2, 0.25) is 0 Å². The van der Waals surface area contributed by atoms with Gasteiger partial charge in [0.05, 0.1) is 25.0 Å². The lowest BCUT2D eigenvalue weighted by atomic mass is 10.1. The fraction of sp³-hybridized carbons (Fsp3) is 0.441. The molecule has 0 radical (unpaired) electrons. The number of carbonyl (C=O) groups excluding carboxylic acids is 1. The number of aromatic nitrogens is 2. The summed E-state index contributed by atoms with van der Waals surface area (Å²) >= 11 is 0. The fourth-order valence-electron chi connectivity index (χ4n) is 5.16. The van der Waals surface area contributed by atoms with Crippen molar-refractivity contribution >= 4 is 17.7 Å². The van der Waals surface area contributed by atoms with E-state index in [4.69, 9.17) is 19.2 Å². The monoisotopic (exact) mass is 585 g/mol. The summed E-state index contributed by atoms with van der Waals surface area (Å²) in [4.78, 5) is 25.8. The number of nitrogens with one attached hydrogen (secondary N) is 1. The quantitative estimate of drug-likeness (QED) is 0.350. The lowest BCUT2D eigenvalue weighted by Crippen LogP contribution is -2.43. The normalized spacial score (nSPS) is 17.6. The highest BCUT2D eigenvalue weighted by Gasteiger charge is 2.27. The summed E-state index contributed by atoms with van der Waals surface area (Å²) in [7, 11) is 0. The van der Waals surface area contributed by atoms with Crippen LogP contribution in [-0.4, -0.2) is 77.0 Å². The zero-order valence-corrected chi connectivity index (χ0v) is 25.5. The minimum atomic E-state index is -0.482. The van der Waals surface area contributed by atoms with Crippen LogP contribution >= 0.6 is 0 Å². The van der Waals surface area contributed by atoms with E-state index in [1.165, 1.54) is 5.56 Å². The van der Waals surface area contributed by atoms with E-state index >= 15 is 0 Å². The van der Waals surface area contributed by atoms with Crippen LogP contribution in [-0.2, 0) is 16.0 Å². The third-order valence-corrected chi connectivity index (χ3v) is 7.31. The highest BCUT2D eigenvalue weighted by Crippen LogP contribution is 2.24. The molecule has 9 heteroatoms. The number of hydrogen-bond acceptors (Lipinski definition) is 8. The molecule has 1 aromatic heterocycles. The molecule has 228 valence electrons. The third kappa shape index (κ3) is 9.53. The predicted molar refractivity (Wildman–Crippen MR) is 169 cm³/mol. The first-order valence-electron chi connectivity index (χ1n) is 15.2. The first-order valence-corrected chi connectivity index (χ1v) is 15.2. The molecule has 1 amide bonds. The Bertz CT molecular complexity index is 1380. The van der Waals surface area contributed by atoms with Gasteiger partial charge in [0.2, 0.25) is 5.95 Å². The highest BCUT2D eigenvalue weighted by atomic mass is 16.6. The van der Waals surface area contributed by atoms with Gasteiger partial charge in [0, 0.05) is 50.2 Å². The largest absolute Gasteiger partial charge is 0.493 e. The molecule has 5 rings (SSSR count). The second-order valence-electron chi connectivity index (χ2n) is 12.0. The van der Waals surface area contributed by atoms with Crippen LogP contribution in [0.15, 0.2) is 72.9 Å². The lowest BCUT2D eigenvalue weighted by molar-refractivity contribution is -0.0158. The molecule has 2 aromatic carbocycles. The number of likely N-dealkylation sites (tertiary alicyclic amines) is 1. The van der Waals surface area contributed by atoms with Crippen LogP contribution in [0.25, 0.3) is 11.3 Å². The van der Waals surface area contributed by atoms with E-state index in [0.717, 1.165) is 61.6 Å². The maximum absolute atomic E-state index is 12.4. The maximum Gasteiger partial charge on any atom is 0.410 e. The van der Waals surface area contributed by atoms with Gasteiger partial charge in [0.15, 0.2) is 0 Å². The van der Waals surface area contributed by atoms with Crippen LogP contribution in [0, 0.1) is 0 Å². The van der Waals surface area contributed by atoms with Gasteiger partial charge in [-0.2, -0.15) is 0 Å². The first-order chi connectivity index (χ1) is 20.8. The van der Waals surface area contributed by atoms with E-state index in [9.17, 15) is 4.79 Å². The summed E-state index contributed by atoms with van der Waals surface area (Å²) in [6.07, 6.45) is 8.53. The Balaban J connectivity index is 1.21. The average molecular weight is 586 g/mol. The number of nitrogens with zero attached hydrogens (tertiary/aromatic N) is 4. The molecular weight excluding hydrogens is 542 g/mol. The van der Waals surface area contributed by atoms with E-state index in [2.05, 4.69) is 45.6 Å². The second-order valence-corrected chi connectivity index (χ2v) is 12.0. The molecule has 0 atom stereocenters. The Morgan fingerprint density at radius 1 is 1.07 bits per heavy atom. The topological polar surface area (TPSA) is 89.0 Å². The molecule has 0 spiro atoms. The number of benzene rings is 2. The Morgan fingerprint density at radius 3 is 2.74 bits per heavy atom. The molecule has 1 saturated heterocycles. The molecule has 43 heavy (non-hydrogen) atoms. The van der Waals surface area contributed by atoms with Crippen LogP contribution in [0.5, 0.6) is 5.75 Å². The molecular formula is C34H43N5O4. The summed E-state index contributed by atoms with van der Waals surface area (Å²) in [5, 5.41) is 3.37. The van der Waals surface area contributed by atoms with Crippen LogP contribution < -0.4 is 10.1 Å². The molecule has 0 aliphatic carbocycles.